The van der Waals surface area contributed by atoms with Gasteiger partial charge in [-0.15, -0.1) is 0 Å². The van der Waals surface area contributed by atoms with Crippen LogP contribution in [0.25, 0.3) is 0 Å². The van der Waals surface area contributed by atoms with Crippen LogP contribution in [0.2, 0.25) is 0 Å². The summed E-state index contributed by atoms with van der Waals surface area (Å²) in [5, 5.41) is 10.2. The van der Waals surface area contributed by atoms with Gasteiger partial charge in [-0.1, -0.05) is 18.2 Å². The number of hydroxylamine groups is 2. The molecule has 0 bridgehead atoms. The van der Waals surface area contributed by atoms with Gasteiger partial charge in [-0.2, -0.15) is 8.42 Å². The van der Waals surface area contributed by atoms with E-state index in [4.69, 9.17) is 4.84 Å². The summed E-state index contributed by atoms with van der Waals surface area (Å²) in [6, 6.07) is 9.41. The van der Waals surface area contributed by atoms with E-state index in [0.717, 1.165) is 5.06 Å². The van der Waals surface area contributed by atoms with Gasteiger partial charge in [-0.25, -0.2) is 19.2 Å². The molecule has 2 aromatic rings. The first-order chi connectivity index (χ1) is 13.6. The minimum atomic E-state index is -4.34. The van der Waals surface area contributed by atoms with E-state index in [-0.39, 0.29) is 6.54 Å². The molecular formula is C18H18FN3O6S. The predicted molar refractivity (Wildman–Crippen MR) is 99.0 cm³/mol. The van der Waals surface area contributed by atoms with Gasteiger partial charge in [0.25, 0.3) is 21.8 Å². The third-order valence-electron chi connectivity index (χ3n) is 3.56. The number of hydrogen-bond donors (Lipinski definition) is 2. The molecule has 0 aliphatic carbocycles. The number of carbonyl (C=O) groups is 2. The number of nitrogens with one attached hydrogen (secondary N) is 1. The van der Waals surface area contributed by atoms with Crippen molar-refractivity contribution in [3.05, 3.63) is 71.4 Å². The largest absolute Gasteiger partial charge is 0.503 e. The summed E-state index contributed by atoms with van der Waals surface area (Å²) in [6.45, 7) is 1.46. The van der Waals surface area contributed by atoms with Crippen molar-refractivity contribution >= 4 is 21.8 Å². The van der Waals surface area contributed by atoms with Gasteiger partial charge in [0.05, 0.1) is 19.7 Å². The van der Waals surface area contributed by atoms with Crippen molar-refractivity contribution in [1.29, 1.82) is 0 Å². The van der Waals surface area contributed by atoms with Crippen molar-refractivity contribution in [2.75, 3.05) is 7.11 Å². The van der Waals surface area contributed by atoms with E-state index in [1.54, 1.807) is 17.7 Å². The molecule has 2 rings (SSSR count). The van der Waals surface area contributed by atoms with E-state index in [2.05, 4.69) is 4.98 Å². The second-order valence-electron chi connectivity index (χ2n) is 5.77. The number of hydrogen-bond acceptors (Lipinski definition) is 7. The molecule has 0 spiro atoms. The van der Waals surface area contributed by atoms with Crippen LogP contribution in [-0.4, -0.2) is 42.5 Å². The van der Waals surface area contributed by atoms with Crippen LogP contribution in [-0.2, 0) is 31.0 Å². The number of rotatable bonds is 7. The molecule has 154 valence electrons. The third-order valence-corrected chi connectivity index (χ3v) is 4.80. The SMILES string of the molecule is CON(Cc1ccc(F)cc1)C(=O)/C=C(\O)C(=O)NS(=O)(=O)c1cccc(C)n1. The molecule has 29 heavy (non-hydrogen) atoms. The van der Waals surface area contributed by atoms with Gasteiger partial charge in [0.1, 0.15) is 5.82 Å². The maximum atomic E-state index is 13.0. The van der Waals surface area contributed by atoms with Gasteiger partial charge >= 0.3 is 0 Å². The molecule has 2 N–H and O–H groups in total. The first-order valence-electron chi connectivity index (χ1n) is 8.14. The Balaban J connectivity index is 2.10. The molecule has 0 saturated heterocycles. The predicted octanol–water partition coefficient (Wildman–Crippen LogP) is 1.37. The quantitative estimate of drug-likeness (QED) is 0.391. The smallest absolute Gasteiger partial charge is 0.300 e. The van der Waals surface area contributed by atoms with Gasteiger partial charge in [0.2, 0.25) is 0 Å². The zero-order valence-electron chi connectivity index (χ0n) is 15.5. The Morgan fingerprint density at radius 2 is 1.90 bits per heavy atom. The summed E-state index contributed by atoms with van der Waals surface area (Å²) in [5.74, 6) is -3.95. The van der Waals surface area contributed by atoms with Gasteiger partial charge in [-0.3, -0.25) is 14.4 Å². The number of nitrogens with zero attached hydrogens (tertiary/aromatic N) is 2. The molecule has 0 atom stereocenters. The average molecular weight is 423 g/mol. The van der Waals surface area contributed by atoms with Crippen LogP contribution < -0.4 is 4.72 Å². The number of halogens is 1. The highest BCUT2D eigenvalue weighted by atomic mass is 32.2. The van der Waals surface area contributed by atoms with E-state index in [1.807, 2.05) is 0 Å². The molecule has 0 fully saturated rings. The minimum Gasteiger partial charge on any atom is -0.503 e. The topological polar surface area (TPSA) is 126 Å². The maximum Gasteiger partial charge on any atom is 0.300 e. The number of aliphatic hydroxyl groups is 1. The van der Waals surface area contributed by atoms with Gasteiger partial charge in [0, 0.05) is 5.69 Å². The molecule has 0 unspecified atom stereocenters. The van der Waals surface area contributed by atoms with E-state index in [9.17, 15) is 27.5 Å². The lowest BCUT2D eigenvalue weighted by molar-refractivity contribution is -0.173. The average Bonchev–Trinajstić information content (AvgIpc) is 2.67. The molecule has 2 amide bonds. The fourth-order valence-electron chi connectivity index (χ4n) is 2.14. The highest BCUT2D eigenvalue weighted by molar-refractivity contribution is 7.90. The fraction of sp³-hybridized carbons (Fsp3) is 0.167. The van der Waals surface area contributed by atoms with Crippen molar-refractivity contribution in [3.8, 4) is 0 Å². The molecule has 0 aliphatic rings. The standard InChI is InChI=1S/C18H18FN3O6S/c1-12-4-3-5-16(20-12)29(26,27)21-18(25)15(23)10-17(24)22(28-2)11-13-6-8-14(19)9-7-13/h3-10,23H,11H2,1-2H3,(H,21,25)/b15-10-. The van der Waals surface area contributed by atoms with Crippen molar-refractivity contribution in [2.45, 2.75) is 18.5 Å². The second-order valence-corrected chi connectivity index (χ2v) is 7.39. The molecule has 9 nitrogen and oxygen atoms in total. The lowest BCUT2D eigenvalue weighted by Gasteiger charge is -2.18. The van der Waals surface area contributed by atoms with E-state index >= 15 is 0 Å². The van der Waals surface area contributed by atoms with Crippen molar-refractivity contribution in [3.63, 3.8) is 0 Å². The maximum absolute atomic E-state index is 13.0. The number of pyridine rings is 1. The molecule has 11 heteroatoms. The van der Waals surface area contributed by atoms with Gasteiger partial charge < -0.3 is 5.11 Å². The number of aromatic nitrogens is 1. The van der Waals surface area contributed by atoms with Crippen LogP contribution >= 0.6 is 0 Å². The highest BCUT2D eigenvalue weighted by Crippen LogP contribution is 2.09. The molecule has 1 aromatic carbocycles. The number of aliphatic hydroxyl groups excluding tert-OH is 1. The summed E-state index contributed by atoms with van der Waals surface area (Å²) in [5.41, 5.74) is 0.929. The third kappa shape index (κ3) is 6.09. The van der Waals surface area contributed by atoms with E-state index < -0.39 is 38.4 Å². The summed E-state index contributed by atoms with van der Waals surface area (Å²) >= 11 is 0. The highest BCUT2D eigenvalue weighted by Gasteiger charge is 2.23. The van der Waals surface area contributed by atoms with E-state index in [1.165, 1.54) is 43.5 Å². The van der Waals surface area contributed by atoms with Crippen LogP contribution in [0.15, 0.2) is 59.3 Å². The van der Waals surface area contributed by atoms with Crippen LogP contribution in [0.1, 0.15) is 11.3 Å². The molecular weight excluding hydrogens is 405 g/mol. The lowest BCUT2D eigenvalue weighted by atomic mass is 10.2. The summed E-state index contributed by atoms with van der Waals surface area (Å²) in [6.07, 6.45) is 0.502. The Kier molecular flexibility index (Phi) is 7.02. The van der Waals surface area contributed by atoms with Gasteiger partial charge in [-0.05, 0) is 36.8 Å². The zero-order chi connectivity index (χ0) is 21.6. The number of amides is 2. The number of benzene rings is 1. The zero-order valence-corrected chi connectivity index (χ0v) is 16.3. The van der Waals surface area contributed by atoms with E-state index in [0.29, 0.717) is 17.3 Å². The number of carbonyl (C=O) groups excluding carboxylic acids is 2. The first kappa shape index (κ1) is 22.0. The number of sulfonamides is 1. The molecule has 0 saturated carbocycles. The Labute approximate surface area is 166 Å². The lowest BCUT2D eigenvalue weighted by Crippen LogP contribution is -2.34. The van der Waals surface area contributed by atoms with Gasteiger partial charge in [0.15, 0.2) is 10.8 Å². The second kappa shape index (κ2) is 9.26. The Morgan fingerprint density at radius 3 is 2.48 bits per heavy atom. The Bertz CT molecular complexity index is 1040. The molecule has 0 radical (unpaired) electrons. The monoisotopic (exact) mass is 423 g/mol. The fourth-order valence-corrected chi connectivity index (χ4v) is 3.11. The molecule has 1 heterocycles. The number of aryl methyl sites for hydroxylation is 1. The summed E-state index contributed by atoms with van der Waals surface area (Å²) < 4.78 is 38.9. The minimum absolute atomic E-state index is 0.105. The molecule has 1 aromatic heterocycles. The van der Waals surface area contributed by atoms with Crippen LogP contribution in [0.4, 0.5) is 4.39 Å². The Hall–Kier alpha value is -3.31. The molecule has 0 aliphatic heterocycles. The summed E-state index contributed by atoms with van der Waals surface area (Å²) in [4.78, 5) is 32.8. The first-order valence-corrected chi connectivity index (χ1v) is 9.62. The van der Waals surface area contributed by atoms with Crippen LogP contribution in [0, 0.1) is 12.7 Å². The summed E-state index contributed by atoms with van der Waals surface area (Å²) in [7, 11) is -3.16. The normalized spacial score (nSPS) is 11.8. The van der Waals surface area contributed by atoms with Crippen LogP contribution in [0.5, 0.6) is 0 Å². The van der Waals surface area contributed by atoms with Crippen LogP contribution in [0.3, 0.4) is 0 Å². The van der Waals surface area contributed by atoms with Crippen molar-refractivity contribution in [1.82, 2.24) is 14.8 Å². The van der Waals surface area contributed by atoms with Crippen molar-refractivity contribution < 1.29 is 32.3 Å². The Morgan fingerprint density at radius 1 is 1.24 bits per heavy atom. The van der Waals surface area contributed by atoms with Crippen molar-refractivity contribution in [2.24, 2.45) is 0 Å².